The van der Waals surface area contributed by atoms with Crippen LogP contribution in [0.3, 0.4) is 0 Å². The molecule has 0 aromatic carbocycles. The molecule has 4 heteroatoms. The number of carbonyl (C=O) groups is 1. The van der Waals surface area contributed by atoms with Gasteiger partial charge in [-0.05, 0) is 25.7 Å². The molecule has 0 N–H and O–H groups in total. The summed E-state index contributed by atoms with van der Waals surface area (Å²) in [5.41, 5.74) is 0. The van der Waals surface area contributed by atoms with E-state index in [-0.39, 0.29) is 5.12 Å². The quantitative estimate of drug-likeness (QED) is 0.600. The van der Waals surface area contributed by atoms with Crippen LogP contribution in [0, 0.1) is 0 Å². The van der Waals surface area contributed by atoms with Crippen molar-refractivity contribution < 1.29 is 13.6 Å². The Bertz CT molecular complexity index is 142. The van der Waals surface area contributed by atoms with Gasteiger partial charge in [0, 0.05) is 12.7 Å². The van der Waals surface area contributed by atoms with E-state index in [9.17, 15) is 13.6 Å². The molecule has 0 fully saturated rings. The number of hydrogen-bond acceptors (Lipinski definition) is 2. The average molecular weight is 210 g/mol. The Morgan fingerprint density at radius 2 is 2.00 bits per heavy atom. The molecule has 0 spiro atoms. The highest BCUT2D eigenvalue weighted by Gasteiger charge is 2.05. The Hall–Kier alpha value is -0.120. The van der Waals surface area contributed by atoms with Crippen molar-refractivity contribution in [2.45, 2.75) is 38.8 Å². The maximum atomic E-state index is 12.9. The molecule has 0 aromatic heterocycles. The Morgan fingerprint density at radius 3 is 2.54 bits per heavy atom. The van der Waals surface area contributed by atoms with E-state index in [2.05, 4.69) is 0 Å². The number of halogens is 2. The first-order valence-corrected chi connectivity index (χ1v) is 5.48. The molecule has 0 saturated carbocycles. The lowest BCUT2D eigenvalue weighted by molar-refractivity contribution is -0.109. The number of hydrogen-bond donors (Lipinski definition) is 0. The summed E-state index contributed by atoms with van der Waals surface area (Å²) in [7, 11) is 0. The van der Waals surface area contributed by atoms with Gasteiger partial charge >= 0.3 is 0 Å². The summed E-state index contributed by atoms with van der Waals surface area (Å²) in [5.74, 6) is 0.672. The largest absolute Gasteiger partial charge is 0.288 e. The van der Waals surface area contributed by atoms with Gasteiger partial charge in [-0.15, -0.1) is 0 Å². The van der Waals surface area contributed by atoms with Crippen molar-refractivity contribution >= 4 is 16.9 Å². The van der Waals surface area contributed by atoms with Gasteiger partial charge in [0.1, 0.15) is 6.17 Å². The Kier molecular flexibility index (Phi) is 8.40. The second-order valence-corrected chi connectivity index (χ2v) is 4.18. The first-order valence-electron chi connectivity index (χ1n) is 4.50. The molecule has 0 bridgehead atoms. The van der Waals surface area contributed by atoms with Gasteiger partial charge in [0.2, 0.25) is 0 Å². The lowest BCUT2D eigenvalue weighted by atomic mass is 10.1. The van der Waals surface area contributed by atoms with Crippen molar-refractivity contribution in [1.82, 2.24) is 0 Å². The predicted octanol–water partition coefficient (Wildman–Crippen LogP) is 3.13. The van der Waals surface area contributed by atoms with Gasteiger partial charge in [0.05, 0.1) is 6.67 Å². The molecule has 0 heterocycles. The van der Waals surface area contributed by atoms with Crippen molar-refractivity contribution in [3.8, 4) is 0 Å². The van der Waals surface area contributed by atoms with Crippen LogP contribution in [0.25, 0.3) is 0 Å². The fourth-order valence-electron chi connectivity index (χ4n) is 0.964. The highest BCUT2D eigenvalue weighted by molar-refractivity contribution is 8.13. The number of carbonyl (C=O) groups excluding carboxylic acids is 1. The summed E-state index contributed by atoms with van der Waals surface area (Å²) < 4.78 is 24.5. The van der Waals surface area contributed by atoms with Crippen molar-refractivity contribution in [3.63, 3.8) is 0 Å². The molecule has 1 nitrogen and oxygen atoms in total. The van der Waals surface area contributed by atoms with E-state index in [1.807, 2.05) is 0 Å². The lowest BCUT2D eigenvalue weighted by Gasteiger charge is -2.05. The van der Waals surface area contributed by atoms with Crippen LogP contribution in [0.5, 0.6) is 0 Å². The fraction of sp³-hybridized carbons (Fsp3) is 0.889. The molecular weight excluding hydrogens is 194 g/mol. The normalized spacial score (nSPS) is 12.8. The number of rotatable bonds is 7. The number of thioether (sulfide) groups is 1. The van der Waals surface area contributed by atoms with Gasteiger partial charge in [-0.2, -0.15) is 0 Å². The number of alkyl halides is 2. The second kappa shape index (κ2) is 8.48. The zero-order valence-electron chi connectivity index (χ0n) is 7.89. The minimum Gasteiger partial charge on any atom is -0.288 e. The second-order valence-electron chi connectivity index (χ2n) is 2.91. The van der Waals surface area contributed by atoms with E-state index in [1.54, 1.807) is 0 Å². The van der Waals surface area contributed by atoms with Crippen molar-refractivity contribution in [3.05, 3.63) is 0 Å². The smallest absolute Gasteiger partial charge is 0.185 e. The van der Waals surface area contributed by atoms with E-state index in [0.29, 0.717) is 31.4 Å². The molecule has 0 aromatic rings. The van der Waals surface area contributed by atoms with E-state index in [0.717, 1.165) is 0 Å². The molecule has 78 valence electrons. The van der Waals surface area contributed by atoms with Crippen LogP contribution in [0.2, 0.25) is 0 Å². The van der Waals surface area contributed by atoms with Crippen LogP contribution in [0.15, 0.2) is 0 Å². The van der Waals surface area contributed by atoms with E-state index >= 15 is 0 Å². The van der Waals surface area contributed by atoms with E-state index in [4.69, 9.17) is 0 Å². The molecule has 0 saturated heterocycles. The average Bonchev–Trinajstić information content (AvgIpc) is 2.08. The monoisotopic (exact) mass is 210 g/mol. The summed E-state index contributed by atoms with van der Waals surface area (Å²) in [6.07, 6.45) is 0.851. The first kappa shape index (κ1) is 12.9. The van der Waals surface area contributed by atoms with Crippen LogP contribution in [-0.4, -0.2) is 23.7 Å². The topological polar surface area (TPSA) is 17.1 Å². The van der Waals surface area contributed by atoms with Crippen molar-refractivity contribution in [2.75, 3.05) is 12.4 Å². The van der Waals surface area contributed by atoms with Gasteiger partial charge < -0.3 is 0 Å². The molecule has 1 atom stereocenters. The van der Waals surface area contributed by atoms with Gasteiger partial charge in [-0.25, -0.2) is 4.39 Å². The van der Waals surface area contributed by atoms with Crippen molar-refractivity contribution in [1.29, 1.82) is 0 Å². The summed E-state index contributed by atoms with van der Waals surface area (Å²) in [5, 5.41) is 0.0687. The lowest BCUT2D eigenvalue weighted by Crippen LogP contribution is -2.01. The Morgan fingerprint density at radius 1 is 1.38 bits per heavy atom. The van der Waals surface area contributed by atoms with Crippen LogP contribution in [0.4, 0.5) is 8.78 Å². The SMILES string of the molecule is CC(=O)SCCCC(F)CCCF. The van der Waals surface area contributed by atoms with Gasteiger partial charge in [0.25, 0.3) is 0 Å². The molecular formula is C9H16F2OS. The molecule has 0 aliphatic rings. The maximum absolute atomic E-state index is 12.9. The van der Waals surface area contributed by atoms with Crippen LogP contribution >= 0.6 is 11.8 Å². The van der Waals surface area contributed by atoms with Gasteiger partial charge in [0.15, 0.2) is 5.12 Å². The Labute approximate surface area is 82.3 Å². The maximum Gasteiger partial charge on any atom is 0.185 e. The molecule has 1 unspecified atom stereocenters. The van der Waals surface area contributed by atoms with Gasteiger partial charge in [-0.3, -0.25) is 9.18 Å². The van der Waals surface area contributed by atoms with E-state index < -0.39 is 12.8 Å². The minimum atomic E-state index is -0.900. The zero-order valence-corrected chi connectivity index (χ0v) is 8.71. The third kappa shape index (κ3) is 9.80. The molecule has 13 heavy (non-hydrogen) atoms. The zero-order chi connectivity index (χ0) is 10.1. The van der Waals surface area contributed by atoms with E-state index in [1.165, 1.54) is 18.7 Å². The molecule has 0 aliphatic heterocycles. The highest BCUT2D eigenvalue weighted by atomic mass is 32.2. The molecule has 0 rings (SSSR count). The third-order valence-electron chi connectivity index (χ3n) is 1.62. The predicted molar refractivity (Wildman–Crippen MR) is 52.5 cm³/mol. The van der Waals surface area contributed by atoms with Crippen molar-refractivity contribution in [2.24, 2.45) is 0 Å². The van der Waals surface area contributed by atoms with Crippen LogP contribution in [-0.2, 0) is 4.79 Å². The standard InChI is InChI=1S/C9H16F2OS/c1-8(12)13-7-3-5-9(11)4-2-6-10/h9H,2-7H2,1H3. The summed E-state index contributed by atoms with van der Waals surface area (Å²) in [6.45, 7) is 1.06. The summed E-state index contributed by atoms with van der Waals surface area (Å²) >= 11 is 1.22. The van der Waals surface area contributed by atoms with Gasteiger partial charge in [-0.1, -0.05) is 11.8 Å². The Balaban J connectivity index is 3.16. The molecule has 0 amide bonds. The third-order valence-corrected chi connectivity index (χ3v) is 2.52. The summed E-state index contributed by atoms with van der Waals surface area (Å²) in [4.78, 5) is 10.5. The fourth-order valence-corrected chi connectivity index (χ4v) is 1.56. The highest BCUT2D eigenvalue weighted by Crippen LogP contribution is 2.12. The summed E-state index contributed by atoms with van der Waals surface area (Å²) in [6, 6.07) is 0. The first-order chi connectivity index (χ1) is 6.16. The minimum absolute atomic E-state index is 0.0687. The molecule has 0 radical (unpaired) electrons. The van der Waals surface area contributed by atoms with Crippen LogP contribution in [0.1, 0.15) is 32.6 Å². The molecule has 0 aliphatic carbocycles. The van der Waals surface area contributed by atoms with Crippen LogP contribution < -0.4 is 0 Å².